The summed E-state index contributed by atoms with van der Waals surface area (Å²) in [5.74, 6) is -0.299. The normalized spacial score (nSPS) is 13.5. The van der Waals surface area contributed by atoms with Gasteiger partial charge in [-0.05, 0) is 12.5 Å². The molecule has 3 N–H and O–H groups in total. The lowest BCUT2D eigenvalue weighted by molar-refractivity contribution is -0.116. The number of unbranched alkanes of at least 4 members (excludes halogenated alkanes) is 4. The first-order valence-electron chi connectivity index (χ1n) is 9.92. The zero-order valence-electron chi connectivity index (χ0n) is 17.5. The van der Waals surface area contributed by atoms with E-state index in [-0.39, 0.29) is 24.6 Å². The summed E-state index contributed by atoms with van der Waals surface area (Å²) in [7, 11) is 2.87. The highest BCUT2D eigenvalue weighted by Gasteiger charge is 2.21. The summed E-state index contributed by atoms with van der Waals surface area (Å²) in [4.78, 5) is 38.2. The van der Waals surface area contributed by atoms with Gasteiger partial charge in [-0.3, -0.25) is 19.1 Å². The molecule has 1 aromatic rings. The number of carbonyl (C=O) groups is 1. The van der Waals surface area contributed by atoms with Gasteiger partial charge in [-0.2, -0.15) is 0 Å². The van der Waals surface area contributed by atoms with Crippen molar-refractivity contribution in [3.63, 3.8) is 0 Å². The first-order chi connectivity index (χ1) is 14.0. The Hall–Kier alpha value is -2.23. The van der Waals surface area contributed by atoms with Crippen molar-refractivity contribution in [1.29, 1.82) is 0 Å². The average Bonchev–Trinajstić information content (AvgIpc) is 2.71. The number of H-pyrrole nitrogens is 1. The van der Waals surface area contributed by atoms with E-state index in [1.54, 1.807) is 0 Å². The smallest absolute Gasteiger partial charge is 0.328 e. The maximum absolute atomic E-state index is 12.1. The summed E-state index contributed by atoms with van der Waals surface area (Å²) < 4.78 is 11.7. The standard InChI is InChI=1S/C20H33N3O6/c1-4-5-6-7-8-11-21-18(25)10-9-15-12-23(20(27)22-19(15)26)13-16(28-2)17(14-24)29-3/h9-10,12,16-17,24H,4-8,11,13-14H2,1-3H3,(H,21,25)(H,22,26,27)/b10-9+. The van der Waals surface area contributed by atoms with Crippen molar-refractivity contribution in [2.75, 3.05) is 27.4 Å². The number of aromatic amines is 1. The Morgan fingerprint density at radius 3 is 2.52 bits per heavy atom. The molecule has 0 bridgehead atoms. The summed E-state index contributed by atoms with van der Waals surface area (Å²) >= 11 is 0. The Morgan fingerprint density at radius 1 is 1.21 bits per heavy atom. The molecule has 0 saturated carbocycles. The van der Waals surface area contributed by atoms with E-state index in [0.717, 1.165) is 19.3 Å². The molecule has 0 aliphatic heterocycles. The van der Waals surface area contributed by atoms with E-state index in [2.05, 4.69) is 17.2 Å². The predicted molar refractivity (Wildman–Crippen MR) is 111 cm³/mol. The van der Waals surface area contributed by atoms with Crippen molar-refractivity contribution in [2.24, 2.45) is 0 Å². The number of rotatable bonds is 14. The summed E-state index contributed by atoms with van der Waals surface area (Å²) in [6.07, 6.45) is 8.26. The van der Waals surface area contributed by atoms with Gasteiger partial charge >= 0.3 is 5.69 Å². The van der Waals surface area contributed by atoms with Gasteiger partial charge in [-0.15, -0.1) is 0 Å². The Kier molecular flexibility index (Phi) is 11.9. The van der Waals surface area contributed by atoms with Gasteiger partial charge in [0.25, 0.3) is 5.56 Å². The van der Waals surface area contributed by atoms with Crippen LogP contribution in [-0.4, -0.2) is 60.1 Å². The van der Waals surface area contributed by atoms with Crippen molar-refractivity contribution in [3.05, 3.63) is 38.7 Å². The molecule has 0 aromatic carbocycles. The number of hydrogen-bond donors (Lipinski definition) is 3. The van der Waals surface area contributed by atoms with E-state index >= 15 is 0 Å². The second kappa shape index (κ2) is 13.9. The van der Waals surface area contributed by atoms with Crippen LogP contribution >= 0.6 is 0 Å². The van der Waals surface area contributed by atoms with E-state index in [9.17, 15) is 19.5 Å². The van der Waals surface area contributed by atoms with Crippen molar-refractivity contribution < 1.29 is 19.4 Å². The van der Waals surface area contributed by atoms with E-state index in [1.165, 1.54) is 50.0 Å². The lowest BCUT2D eigenvalue weighted by Gasteiger charge is -2.23. The number of hydrogen-bond acceptors (Lipinski definition) is 6. The van der Waals surface area contributed by atoms with Crippen LogP contribution in [0.1, 0.15) is 44.6 Å². The molecule has 1 heterocycles. The highest BCUT2D eigenvalue weighted by atomic mass is 16.5. The van der Waals surface area contributed by atoms with Crippen LogP contribution in [0.5, 0.6) is 0 Å². The number of aromatic nitrogens is 2. The van der Waals surface area contributed by atoms with E-state index in [0.29, 0.717) is 6.54 Å². The Morgan fingerprint density at radius 2 is 1.90 bits per heavy atom. The molecule has 1 aromatic heterocycles. The van der Waals surface area contributed by atoms with Crippen LogP contribution in [0.25, 0.3) is 6.08 Å². The minimum atomic E-state index is -0.624. The van der Waals surface area contributed by atoms with E-state index in [1.807, 2.05) is 0 Å². The second-order valence-corrected chi connectivity index (χ2v) is 6.77. The molecular weight excluding hydrogens is 378 g/mol. The molecule has 9 heteroatoms. The summed E-state index contributed by atoms with van der Waals surface area (Å²) in [6.45, 7) is 2.52. The zero-order chi connectivity index (χ0) is 21.6. The van der Waals surface area contributed by atoms with Crippen LogP contribution in [0.3, 0.4) is 0 Å². The Balaban J connectivity index is 2.76. The summed E-state index contributed by atoms with van der Waals surface area (Å²) in [5.41, 5.74) is -1.04. The first-order valence-corrected chi connectivity index (χ1v) is 9.92. The van der Waals surface area contributed by atoms with Gasteiger partial charge in [-0.25, -0.2) is 4.79 Å². The van der Waals surface area contributed by atoms with E-state index in [4.69, 9.17) is 9.47 Å². The number of ether oxygens (including phenoxy) is 2. The Labute approximate surface area is 170 Å². The van der Waals surface area contributed by atoms with Gasteiger partial charge in [0.15, 0.2) is 0 Å². The third-order valence-corrected chi connectivity index (χ3v) is 4.61. The van der Waals surface area contributed by atoms with Crippen molar-refractivity contribution >= 4 is 12.0 Å². The number of methoxy groups -OCH3 is 2. The fraction of sp³-hybridized carbons (Fsp3) is 0.650. The molecule has 1 rings (SSSR count). The second-order valence-electron chi connectivity index (χ2n) is 6.77. The number of nitrogens with zero attached hydrogens (tertiary/aromatic N) is 1. The fourth-order valence-electron chi connectivity index (χ4n) is 2.83. The molecule has 0 spiro atoms. The van der Waals surface area contributed by atoms with Gasteiger partial charge in [0.05, 0.1) is 18.7 Å². The quantitative estimate of drug-likeness (QED) is 0.305. The molecule has 0 fully saturated rings. The fourth-order valence-corrected chi connectivity index (χ4v) is 2.83. The third kappa shape index (κ3) is 8.76. The van der Waals surface area contributed by atoms with Crippen LogP contribution in [0.2, 0.25) is 0 Å². The predicted octanol–water partition coefficient (Wildman–Crippen LogP) is 0.659. The SMILES string of the molecule is CCCCCCCNC(=O)/C=C/c1cn(CC(OC)C(CO)OC)c(=O)[nH]c1=O. The largest absolute Gasteiger partial charge is 0.394 e. The minimum absolute atomic E-state index is 0.0655. The molecule has 2 atom stereocenters. The zero-order valence-corrected chi connectivity index (χ0v) is 17.5. The van der Waals surface area contributed by atoms with Crippen molar-refractivity contribution in [1.82, 2.24) is 14.9 Å². The minimum Gasteiger partial charge on any atom is -0.394 e. The Bertz CT molecular complexity index is 751. The van der Waals surface area contributed by atoms with Crippen LogP contribution in [0.4, 0.5) is 0 Å². The molecule has 2 unspecified atom stereocenters. The van der Waals surface area contributed by atoms with Crippen LogP contribution in [0, 0.1) is 0 Å². The van der Waals surface area contributed by atoms with E-state index < -0.39 is 23.5 Å². The molecule has 29 heavy (non-hydrogen) atoms. The molecule has 0 aliphatic carbocycles. The van der Waals surface area contributed by atoms with Gasteiger partial charge in [0.2, 0.25) is 5.91 Å². The molecule has 164 valence electrons. The molecule has 0 saturated heterocycles. The van der Waals surface area contributed by atoms with Crippen molar-refractivity contribution in [3.8, 4) is 0 Å². The van der Waals surface area contributed by atoms with Crippen LogP contribution in [0.15, 0.2) is 21.9 Å². The molecular formula is C20H33N3O6. The number of amides is 1. The summed E-state index contributed by atoms with van der Waals surface area (Å²) in [5, 5.41) is 12.1. The summed E-state index contributed by atoms with van der Waals surface area (Å²) in [6, 6.07) is 0. The van der Waals surface area contributed by atoms with Crippen LogP contribution in [-0.2, 0) is 20.8 Å². The lowest BCUT2D eigenvalue weighted by Crippen LogP contribution is -2.41. The highest BCUT2D eigenvalue weighted by Crippen LogP contribution is 2.05. The molecule has 9 nitrogen and oxygen atoms in total. The molecule has 0 aliphatic rings. The molecule has 0 radical (unpaired) electrons. The maximum atomic E-state index is 12.1. The van der Waals surface area contributed by atoms with Gasteiger partial charge in [0.1, 0.15) is 12.2 Å². The van der Waals surface area contributed by atoms with Crippen LogP contribution < -0.4 is 16.6 Å². The highest BCUT2D eigenvalue weighted by molar-refractivity contribution is 5.91. The topological polar surface area (TPSA) is 123 Å². The average molecular weight is 411 g/mol. The number of aliphatic hydroxyl groups excluding tert-OH is 1. The van der Waals surface area contributed by atoms with Crippen molar-refractivity contribution in [2.45, 2.75) is 57.8 Å². The monoisotopic (exact) mass is 411 g/mol. The van der Waals surface area contributed by atoms with Gasteiger partial charge < -0.3 is 19.9 Å². The van der Waals surface area contributed by atoms with Gasteiger partial charge in [0, 0.05) is 33.0 Å². The maximum Gasteiger partial charge on any atom is 0.328 e. The number of aliphatic hydroxyl groups is 1. The third-order valence-electron chi connectivity index (χ3n) is 4.61. The number of carbonyl (C=O) groups excluding carboxylic acids is 1. The van der Waals surface area contributed by atoms with Gasteiger partial charge in [-0.1, -0.05) is 32.6 Å². The number of nitrogens with one attached hydrogen (secondary N) is 2. The lowest BCUT2D eigenvalue weighted by atomic mass is 10.1. The first kappa shape index (κ1) is 24.8. The molecule has 1 amide bonds.